The molecule has 2 N–H and O–H groups in total. The number of esters is 1. The quantitative estimate of drug-likeness (QED) is 0.171. The second kappa shape index (κ2) is 14.4. The van der Waals surface area contributed by atoms with E-state index in [0.717, 1.165) is 5.56 Å². The van der Waals surface area contributed by atoms with E-state index in [0.29, 0.717) is 12.8 Å². The molecule has 3 aliphatic heterocycles. The van der Waals surface area contributed by atoms with E-state index in [-0.39, 0.29) is 48.7 Å². The lowest BCUT2D eigenvalue weighted by atomic mass is 9.70. The summed E-state index contributed by atoms with van der Waals surface area (Å²) in [4.78, 5) is 58.8. The zero-order valence-electron chi connectivity index (χ0n) is 27.5. The van der Waals surface area contributed by atoms with Gasteiger partial charge in [0.2, 0.25) is 17.7 Å². The Morgan fingerprint density at radius 1 is 1.22 bits per heavy atom. The number of likely N-dealkylation sites (tertiary alicyclic amines) is 1. The molecule has 8 atom stereocenters. The number of aliphatic hydroxyl groups is 1. The van der Waals surface area contributed by atoms with Gasteiger partial charge in [0.05, 0.1) is 36.6 Å². The van der Waals surface area contributed by atoms with Gasteiger partial charge in [-0.15, -0.1) is 13.2 Å². The average Bonchev–Trinajstić information content (AvgIpc) is 3.60. The van der Waals surface area contributed by atoms with Gasteiger partial charge in [-0.2, -0.15) is 0 Å². The number of aliphatic hydroxyl groups excluding tert-OH is 1. The second-order valence-electron chi connectivity index (χ2n) is 13.8. The highest BCUT2D eigenvalue weighted by Gasteiger charge is 2.77. The van der Waals surface area contributed by atoms with Crippen LogP contribution in [0, 0.1) is 17.8 Å². The third kappa shape index (κ3) is 6.69. The lowest BCUT2D eigenvalue weighted by Crippen LogP contribution is -2.62. The number of alkyl halides is 1. The number of amides is 3. The molecule has 1 aromatic rings. The van der Waals surface area contributed by atoms with Crippen molar-refractivity contribution in [3.8, 4) is 0 Å². The van der Waals surface area contributed by atoms with Crippen LogP contribution >= 0.6 is 15.9 Å². The predicted octanol–water partition coefficient (Wildman–Crippen LogP) is 3.93. The number of nitrogens with zero attached hydrogens (tertiary/aromatic N) is 2. The van der Waals surface area contributed by atoms with Gasteiger partial charge in [0.15, 0.2) is 0 Å². The maximum Gasteiger partial charge on any atom is 0.306 e. The lowest BCUT2D eigenvalue weighted by Gasteiger charge is -2.44. The number of carbonyl (C=O) groups is 4. The van der Waals surface area contributed by atoms with Crippen molar-refractivity contribution in [1.82, 2.24) is 15.1 Å². The Kier molecular flexibility index (Phi) is 11.2. The standard InChI is InChI=1S/C35H48BrN3O7/c1-8-10-16-26(41)45-20-24(22-14-12-11-13-15-22)37-31(42)27-28-32(43)39(25(19-40)21(3)4)30(35(28)18-23(36)29(27)46-35)33(44)38(17-9-2)34(5,6)7/h8-9,11-15,21,23-25,27-30,40H,1-2,10,16-20H2,3-7H3,(H,37,42)/t23?,24-,25+,27+,28-,29+,30+,35-/m1/s1. The summed E-state index contributed by atoms with van der Waals surface area (Å²) in [5.41, 5.74) is -1.16. The van der Waals surface area contributed by atoms with Crippen LogP contribution in [0.25, 0.3) is 0 Å². The molecule has 3 amide bonds. The lowest BCUT2D eigenvalue weighted by molar-refractivity contribution is -0.155. The van der Waals surface area contributed by atoms with Crippen molar-refractivity contribution in [1.29, 1.82) is 0 Å². The number of hydrogen-bond donors (Lipinski definition) is 2. The second-order valence-corrected chi connectivity index (χ2v) is 15.0. The summed E-state index contributed by atoms with van der Waals surface area (Å²) in [5, 5.41) is 13.6. The Balaban J connectivity index is 1.73. The summed E-state index contributed by atoms with van der Waals surface area (Å²) in [6.45, 7) is 16.8. The molecule has 3 fully saturated rings. The molecule has 46 heavy (non-hydrogen) atoms. The molecule has 2 bridgehead atoms. The van der Waals surface area contributed by atoms with Crippen LogP contribution in [0.3, 0.4) is 0 Å². The predicted molar refractivity (Wildman–Crippen MR) is 178 cm³/mol. The minimum absolute atomic E-state index is 0.0965. The molecule has 1 aromatic carbocycles. The first kappa shape index (κ1) is 35.8. The highest BCUT2D eigenvalue weighted by molar-refractivity contribution is 9.09. The van der Waals surface area contributed by atoms with E-state index in [1.807, 2.05) is 65.0 Å². The molecule has 0 saturated carbocycles. The van der Waals surface area contributed by atoms with Crippen molar-refractivity contribution in [2.75, 3.05) is 19.8 Å². The third-order valence-electron chi connectivity index (χ3n) is 9.45. The topological polar surface area (TPSA) is 125 Å². The van der Waals surface area contributed by atoms with Gasteiger partial charge in [0.25, 0.3) is 0 Å². The Morgan fingerprint density at radius 3 is 2.46 bits per heavy atom. The smallest absolute Gasteiger partial charge is 0.306 e. The first-order chi connectivity index (χ1) is 21.7. The van der Waals surface area contributed by atoms with E-state index in [4.69, 9.17) is 9.47 Å². The van der Waals surface area contributed by atoms with E-state index >= 15 is 0 Å². The van der Waals surface area contributed by atoms with Crippen LogP contribution in [0.5, 0.6) is 0 Å². The summed E-state index contributed by atoms with van der Waals surface area (Å²) in [5.74, 6) is -3.59. The zero-order chi connectivity index (χ0) is 34.0. The van der Waals surface area contributed by atoms with Gasteiger partial charge in [0, 0.05) is 23.3 Å². The van der Waals surface area contributed by atoms with Crippen molar-refractivity contribution in [2.45, 2.75) is 94.1 Å². The van der Waals surface area contributed by atoms with E-state index in [1.54, 1.807) is 17.1 Å². The number of fused-ring (bicyclic) bond motifs is 1. The number of allylic oxidation sites excluding steroid dienone is 1. The van der Waals surface area contributed by atoms with E-state index in [2.05, 4.69) is 34.4 Å². The van der Waals surface area contributed by atoms with Crippen LogP contribution in [-0.2, 0) is 28.7 Å². The van der Waals surface area contributed by atoms with Crippen LogP contribution in [0.1, 0.15) is 65.5 Å². The molecule has 0 radical (unpaired) electrons. The number of rotatable bonds is 14. The molecule has 252 valence electrons. The fourth-order valence-electron chi connectivity index (χ4n) is 7.24. The molecular weight excluding hydrogens is 654 g/mol. The summed E-state index contributed by atoms with van der Waals surface area (Å²) in [6.07, 6.45) is 3.60. The average molecular weight is 703 g/mol. The summed E-state index contributed by atoms with van der Waals surface area (Å²) in [7, 11) is 0. The molecular formula is C35H48BrN3O7. The molecule has 1 unspecified atom stereocenters. The maximum absolute atomic E-state index is 14.6. The Hall–Kier alpha value is -3.02. The Bertz CT molecular complexity index is 1310. The van der Waals surface area contributed by atoms with E-state index in [9.17, 15) is 24.3 Å². The van der Waals surface area contributed by atoms with Gasteiger partial charge >= 0.3 is 5.97 Å². The van der Waals surface area contributed by atoms with E-state index < -0.39 is 59.1 Å². The van der Waals surface area contributed by atoms with Gasteiger partial charge in [-0.05, 0) is 45.1 Å². The molecule has 3 saturated heterocycles. The highest BCUT2D eigenvalue weighted by atomic mass is 79.9. The van der Waals surface area contributed by atoms with Crippen LogP contribution in [0.2, 0.25) is 0 Å². The van der Waals surface area contributed by atoms with Crippen molar-refractivity contribution in [3.63, 3.8) is 0 Å². The molecule has 0 aliphatic carbocycles. The van der Waals surface area contributed by atoms with E-state index in [1.165, 1.54) is 4.90 Å². The van der Waals surface area contributed by atoms with Gasteiger partial charge in [-0.3, -0.25) is 19.2 Å². The number of hydrogen-bond acceptors (Lipinski definition) is 7. The number of nitrogens with one attached hydrogen (secondary N) is 1. The molecule has 3 aliphatic rings. The molecule has 3 heterocycles. The zero-order valence-corrected chi connectivity index (χ0v) is 29.1. The summed E-state index contributed by atoms with van der Waals surface area (Å²) in [6, 6.07) is 6.78. The van der Waals surface area contributed by atoms with Crippen molar-refractivity contribution in [2.24, 2.45) is 17.8 Å². The van der Waals surface area contributed by atoms with Gasteiger partial charge < -0.3 is 29.7 Å². The number of carbonyl (C=O) groups excluding carboxylic acids is 4. The maximum atomic E-state index is 14.6. The third-order valence-corrected chi connectivity index (χ3v) is 10.3. The van der Waals surface area contributed by atoms with Crippen molar-refractivity contribution >= 4 is 39.6 Å². The van der Waals surface area contributed by atoms with Crippen LogP contribution in [-0.4, -0.2) is 92.5 Å². The number of halogens is 1. The molecule has 1 spiro atoms. The minimum Gasteiger partial charge on any atom is -0.463 e. The minimum atomic E-state index is -1.29. The highest BCUT2D eigenvalue weighted by Crippen LogP contribution is 2.61. The fraction of sp³-hybridized carbons (Fsp3) is 0.600. The van der Waals surface area contributed by atoms with Crippen molar-refractivity contribution in [3.05, 3.63) is 61.2 Å². The SMILES string of the molecule is C=CCCC(=O)OC[C@@H](NC(=O)[C@@H]1[C@H]2O[C@@]3(CC2Br)[C@H](C(=O)N(CC=C)C(C)(C)C)N([C@@H](CO)C(C)C)C(=O)[C@@H]13)c1ccccc1. The molecule has 4 rings (SSSR count). The summed E-state index contributed by atoms with van der Waals surface area (Å²) < 4.78 is 12.2. The van der Waals surface area contributed by atoms with Crippen LogP contribution in [0.4, 0.5) is 0 Å². The monoisotopic (exact) mass is 701 g/mol. The number of ether oxygens (including phenoxy) is 2. The molecule has 10 nitrogen and oxygen atoms in total. The largest absolute Gasteiger partial charge is 0.463 e. The van der Waals surface area contributed by atoms with Gasteiger partial charge in [-0.1, -0.05) is 72.3 Å². The molecule has 11 heteroatoms. The van der Waals surface area contributed by atoms with Gasteiger partial charge in [-0.25, -0.2) is 0 Å². The Labute approximate surface area is 280 Å². The first-order valence-corrected chi connectivity index (χ1v) is 16.9. The fourth-order valence-corrected chi connectivity index (χ4v) is 8.18. The van der Waals surface area contributed by atoms with Crippen LogP contribution < -0.4 is 5.32 Å². The Morgan fingerprint density at radius 2 is 1.89 bits per heavy atom. The van der Waals surface area contributed by atoms with Gasteiger partial charge in [0.1, 0.15) is 18.2 Å². The number of benzene rings is 1. The van der Waals surface area contributed by atoms with Crippen LogP contribution in [0.15, 0.2) is 55.6 Å². The van der Waals surface area contributed by atoms with Crippen molar-refractivity contribution < 1.29 is 33.8 Å². The summed E-state index contributed by atoms with van der Waals surface area (Å²) >= 11 is 3.72. The first-order valence-electron chi connectivity index (χ1n) is 16.0. The molecule has 0 aromatic heterocycles. The normalized spacial score (nSPS) is 28.0.